The lowest BCUT2D eigenvalue weighted by molar-refractivity contribution is -0.883. The lowest BCUT2D eigenvalue weighted by Gasteiger charge is -2.30. The number of aromatic nitrogens is 2. The van der Waals surface area contributed by atoms with Gasteiger partial charge in [-0.2, -0.15) is 5.10 Å². The molecule has 1 fully saturated rings. The van der Waals surface area contributed by atoms with E-state index in [1.807, 2.05) is 11.0 Å². The Bertz CT molecular complexity index is 720. The van der Waals surface area contributed by atoms with Crippen molar-refractivity contribution in [1.29, 1.82) is 0 Å². The third kappa shape index (κ3) is 3.33. The Morgan fingerprint density at radius 2 is 2.08 bits per heavy atom. The number of nitrogens with one attached hydrogen (secondary N) is 1. The minimum atomic E-state index is -0.305. The SMILES string of the molecule is CCCc1c(C(=O)N2CC[NH+](C)CC2)cnn1-c1cccc(F)c1. The van der Waals surface area contributed by atoms with Crippen molar-refractivity contribution in [3.63, 3.8) is 0 Å². The van der Waals surface area contributed by atoms with Crippen LogP contribution in [0.25, 0.3) is 5.69 Å². The largest absolute Gasteiger partial charge is 0.334 e. The topological polar surface area (TPSA) is 42.6 Å². The van der Waals surface area contributed by atoms with E-state index in [0.717, 1.165) is 44.7 Å². The van der Waals surface area contributed by atoms with Crippen LogP contribution in [0.1, 0.15) is 29.4 Å². The molecule has 0 unspecified atom stereocenters. The van der Waals surface area contributed by atoms with Crippen molar-refractivity contribution < 1.29 is 14.1 Å². The Balaban J connectivity index is 1.92. The molecule has 0 atom stereocenters. The molecule has 2 heterocycles. The maximum absolute atomic E-state index is 13.5. The van der Waals surface area contributed by atoms with E-state index in [0.29, 0.717) is 11.3 Å². The Kier molecular flexibility index (Phi) is 4.94. The van der Waals surface area contributed by atoms with Gasteiger partial charge in [0.05, 0.1) is 56.4 Å². The van der Waals surface area contributed by atoms with Crippen LogP contribution in [0.4, 0.5) is 4.39 Å². The van der Waals surface area contributed by atoms with E-state index < -0.39 is 0 Å². The van der Waals surface area contributed by atoms with E-state index in [-0.39, 0.29) is 11.7 Å². The summed E-state index contributed by atoms with van der Waals surface area (Å²) in [6, 6.07) is 6.32. The predicted molar refractivity (Wildman–Crippen MR) is 90.0 cm³/mol. The Labute approximate surface area is 141 Å². The van der Waals surface area contributed by atoms with Crippen LogP contribution in [-0.4, -0.2) is 53.8 Å². The molecule has 3 rings (SSSR count). The van der Waals surface area contributed by atoms with Gasteiger partial charge in [-0.1, -0.05) is 19.4 Å². The molecule has 0 radical (unpaired) electrons. The number of carbonyl (C=O) groups excluding carboxylic acids is 1. The summed E-state index contributed by atoms with van der Waals surface area (Å²) < 4.78 is 15.2. The second kappa shape index (κ2) is 7.13. The number of hydrogen-bond donors (Lipinski definition) is 1. The van der Waals surface area contributed by atoms with E-state index in [1.165, 1.54) is 17.0 Å². The first-order valence-corrected chi connectivity index (χ1v) is 8.53. The number of nitrogens with zero attached hydrogens (tertiary/aromatic N) is 3. The highest BCUT2D eigenvalue weighted by Gasteiger charge is 2.26. The molecule has 0 spiro atoms. The predicted octanol–water partition coefficient (Wildman–Crippen LogP) is 0.934. The molecule has 0 saturated carbocycles. The van der Waals surface area contributed by atoms with Crippen molar-refractivity contribution >= 4 is 5.91 Å². The molecule has 1 aliphatic heterocycles. The smallest absolute Gasteiger partial charge is 0.257 e. The summed E-state index contributed by atoms with van der Waals surface area (Å²) in [4.78, 5) is 16.3. The van der Waals surface area contributed by atoms with Crippen molar-refractivity contribution in [2.45, 2.75) is 19.8 Å². The van der Waals surface area contributed by atoms with Gasteiger partial charge in [-0.05, 0) is 24.6 Å². The third-order valence-electron chi connectivity index (χ3n) is 4.54. The van der Waals surface area contributed by atoms with Gasteiger partial charge in [0.25, 0.3) is 5.91 Å². The highest BCUT2D eigenvalue weighted by Crippen LogP contribution is 2.19. The zero-order chi connectivity index (χ0) is 17.1. The highest BCUT2D eigenvalue weighted by atomic mass is 19.1. The summed E-state index contributed by atoms with van der Waals surface area (Å²) in [5, 5.41) is 4.37. The number of likely N-dealkylation sites (N-methyl/N-ethyl adjacent to an activating group) is 1. The van der Waals surface area contributed by atoms with E-state index in [4.69, 9.17) is 0 Å². The Morgan fingerprint density at radius 3 is 2.75 bits per heavy atom. The van der Waals surface area contributed by atoms with Gasteiger partial charge in [0.1, 0.15) is 5.82 Å². The number of quaternary nitrogens is 1. The monoisotopic (exact) mass is 331 g/mol. The molecule has 0 bridgehead atoms. The van der Waals surface area contributed by atoms with Crippen LogP contribution in [0.15, 0.2) is 30.5 Å². The van der Waals surface area contributed by atoms with Crippen LogP contribution < -0.4 is 4.90 Å². The van der Waals surface area contributed by atoms with E-state index in [1.54, 1.807) is 16.9 Å². The average molecular weight is 331 g/mol. The van der Waals surface area contributed by atoms with Gasteiger partial charge in [0.2, 0.25) is 0 Å². The van der Waals surface area contributed by atoms with Gasteiger partial charge in [-0.15, -0.1) is 0 Å². The first-order chi connectivity index (χ1) is 11.6. The number of amides is 1. The van der Waals surface area contributed by atoms with Crippen LogP contribution in [0.2, 0.25) is 0 Å². The van der Waals surface area contributed by atoms with E-state index >= 15 is 0 Å². The molecule has 2 aromatic rings. The molecule has 1 aliphatic rings. The van der Waals surface area contributed by atoms with Gasteiger partial charge in [-0.3, -0.25) is 4.79 Å². The lowest BCUT2D eigenvalue weighted by atomic mass is 10.1. The maximum Gasteiger partial charge on any atom is 0.257 e. The Hall–Kier alpha value is -2.21. The standard InChI is InChI=1S/C18H23FN4O/c1-3-5-17-16(18(24)22-10-8-21(2)9-11-22)13-20-23(17)15-7-4-6-14(19)12-15/h4,6-7,12-13H,3,5,8-11H2,1-2H3/p+1. The molecule has 24 heavy (non-hydrogen) atoms. The summed E-state index contributed by atoms with van der Waals surface area (Å²) >= 11 is 0. The normalized spacial score (nSPS) is 15.7. The number of piperazine rings is 1. The second-order valence-corrected chi connectivity index (χ2v) is 6.40. The zero-order valence-corrected chi connectivity index (χ0v) is 14.3. The van der Waals surface area contributed by atoms with E-state index in [2.05, 4.69) is 19.1 Å². The summed E-state index contributed by atoms with van der Waals surface area (Å²) in [6.45, 7) is 5.53. The van der Waals surface area contributed by atoms with Crippen molar-refractivity contribution in [3.8, 4) is 5.69 Å². The van der Waals surface area contributed by atoms with Crippen LogP contribution in [-0.2, 0) is 6.42 Å². The number of rotatable bonds is 4. The molecule has 1 saturated heterocycles. The van der Waals surface area contributed by atoms with Gasteiger partial charge in [0.15, 0.2) is 0 Å². The Morgan fingerprint density at radius 1 is 1.33 bits per heavy atom. The summed E-state index contributed by atoms with van der Waals surface area (Å²) in [7, 11) is 2.15. The van der Waals surface area contributed by atoms with Crippen LogP contribution in [0.3, 0.4) is 0 Å². The third-order valence-corrected chi connectivity index (χ3v) is 4.54. The fourth-order valence-corrected chi connectivity index (χ4v) is 3.12. The maximum atomic E-state index is 13.5. The fraction of sp³-hybridized carbons (Fsp3) is 0.444. The van der Waals surface area contributed by atoms with Crippen molar-refractivity contribution in [2.24, 2.45) is 0 Å². The summed E-state index contributed by atoms with van der Waals surface area (Å²) in [5.74, 6) is -0.269. The van der Waals surface area contributed by atoms with Crippen molar-refractivity contribution in [1.82, 2.24) is 14.7 Å². The molecule has 1 amide bonds. The van der Waals surface area contributed by atoms with Gasteiger partial charge in [-0.25, -0.2) is 9.07 Å². The van der Waals surface area contributed by atoms with Crippen LogP contribution >= 0.6 is 0 Å². The molecular formula is C18H24FN4O+. The molecular weight excluding hydrogens is 307 g/mol. The lowest BCUT2D eigenvalue weighted by Crippen LogP contribution is -3.12. The number of carbonyl (C=O) groups is 1. The average Bonchev–Trinajstić information content (AvgIpc) is 2.99. The van der Waals surface area contributed by atoms with Crippen molar-refractivity contribution in [2.75, 3.05) is 33.2 Å². The van der Waals surface area contributed by atoms with Gasteiger partial charge < -0.3 is 9.80 Å². The van der Waals surface area contributed by atoms with Crippen molar-refractivity contribution in [3.05, 3.63) is 47.5 Å². The molecule has 128 valence electrons. The number of halogens is 1. The molecule has 1 aromatic carbocycles. The zero-order valence-electron chi connectivity index (χ0n) is 14.3. The first kappa shape index (κ1) is 16.6. The second-order valence-electron chi connectivity index (χ2n) is 6.40. The van der Waals surface area contributed by atoms with Crippen LogP contribution in [0.5, 0.6) is 0 Å². The molecule has 5 nitrogen and oxygen atoms in total. The summed E-state index contributed by atoms with van der Waals surface area (Å²) in [6.07, 6.45) is 3.26. The first-order valence-electron chi connectivity index (χ1n) is 8.53. The fourth-order valence-electron chi connectivity index (χ4n) is 3.12. The molecule has 6 heteroatoms. The quantitative estimate of drug-likeness (QED) is 0.906. The minimum absolute atomic E-state index is 0.0357. The van der Waals surface area contributed by atoms with E-state index in [9.17, 15) is 9.18 Å². The minimum Gasteiger partial charge on any atom is -0.334 e. The number of benzene rings is 1. The number of hydrogen-bond acceptors (Lipinski definition) is 2. The van der Waals surface area contributed by atoms with Gasteiger partial charge >= 0.3 is 0 Å². The highest BCUT2D eigenvalue weighted by molar-refractivity contribution is 5.95. The van der Waals surface area contributed by atoms with Crippen LogP contribution in [0, 0.1) is 5.82 Å². The molecule has 1 N–H and O–H groups in total. The summed E-state index contributed by atoms with van der Waals surface area (Å²) in [5.41, 5.74) is 2.15. The van der Waals surface area contributed by atoms with Gasteiger partial charge in [0, 0.05) is 0 Å². The molecule has 0 aliphatic carbocycles. The molecule has 1 aromatic heterocycles.